The summed E-state index contributed by atoms with van der Waals surface area (Å²) in [7, 11) is 0. The molecule has 13 aromatic rings. The Morgan fingerprint density at radius 1 is 0.328 bits per heavy atom. The van der Waals surface area contributed by atoms with Gasteiger partial charge in [-0.1, -0.05) is 176 Å². The first-order valence-corrected chi connectivity index (χ1v) is 21.6. The van der Waals surface area contributed by atoms with Crippen LogP contribution in [0.5, 0.6) is 0 Å². The highest BCUT2D eigenvalue weighted by Crippen LogP contribution is 2.43. The fourth-order valence-corrected chi connectivity index (χ4v) is 9.61. The molecule has 0 aliphatic carbocycles. The number of hydrogen-bond acceptors (Lipinski definition) is 4. The molecule has 0 saturated carbocycles. The maximum Gasteiger partial charge on any atom is 0.164 e. The lowest BCUT2D eigenvalue weighted by Crippen LogP contribution is -2.00. The van der Waals surface area contributed by atoms with Gasteiger partial charge in [0.1, 0.15) is 11.2 Å². The average Bonchev–Trinajstić information content (AvgIpc) is 3.92. The number of furan rings is 1. The third-order valence-corrected chi connectivity index (χ3v) is 12.6. The Balaban J connectivity index is 1.03. The van der Waals surface area contributed by atoms with E-state index in [1.165, 1.54) is 38.2 Å². The molecule has 5 nitrogen and oxygen atoms in total. The number of benzene rings is 10. The van der Waals surface area contributed by atoms with Crippen LogP contribution in [0.4, 0.5) is 0 Å². The first-order chi connectivity index (χ1) is 31.7. The average molecular weight is 817 g/mol. The highest BCUT2D eigenvalue weighted by atomic mass is 16.3. The van der Waals surface area contributed by atoms with E-state index in [1.807, 2.05) is 18.2 Å². The smallest absolute Gasteiger partial charge is 0.164 e. The number of rotatable bonds is 6. The van der Waals surface area contributed by atoms with Gasteiger partial charge in [0.25, 0.3) is 0 Å². The molecule has 0 atom stereocenters. The minimum absolute atomic E-state index is 0.579. The zero-order chi connectivity index (χ0) is 42.1. The molecular weight excluding hydrogens is 781 g/mol. The molecular formula is C59H36N4O. The van der Waals surface area contributed by atoms with Crippen LogP contribution >= 0.6 is 0 Å². The van der Waals surface area contributed by atoms with Crippen molar-refractivity contribution in [2.24, 2.45) is 0 Å². The van der Waals surface area contributed by atoms with Crippen molar-refractivity contribution < 1.29 is 4.42 Å². The maximum absolute atomic E-state index is 6.65. The van der Waals surface area contributed by atoms with Gasteiger partial charge in [0.2, 0.25) is 0 Å². The van der Waals surface area contributed by atoms with Gasteiger partial charge >= 0.3 is 0 Å². The van der Waals surface area contributed by atoms with Crippen molar-refractivity contribution in [3.8, 4) is 62.1 Å². The topological polar surface area (TPSA) is 56.7 Å². The third-order valence-electron chi connectivity index (χ3n) is 12.6. The monoisotopic (exact) mass is 816 g/mol. The summed E-state index contributed by atoms with van der Waals surface area (Å²) >= 11 is 0. The highest BCUT2D eigenvalue weighted by Gasteiger charge is 2.22. The van der Waals surface area contributed by atoms with Crippen LogP contribution in [-0.2, 0) is 0 Å². The molecule has 10 aromatic carbocycles. The lowest BCUT2D eigenvalue weighted by atomic mass is 9.95. The van der Waals surface area contributed by atoms with E-state index in [0.717, 1.165) is 71.7 Å². The quantitative estimate of drug-likeness (QED) is 0.168. The molecule has 0 radical (unpaired) electrons. The number of para-hydroxylation sites is 1. The van der Waals surface area contributed by atoms with Crippen LogP contribution in [0.2, 0.25) is 0 Å². The Morgan fingerprint density at radius 3 is 1.77 bits per heavy atom. The van der Waals surface area contributed by atoms with E-state index in [9.17, 15) is 0 Å². The number of nitrogens with zero attached hydrogens (tertiary/aromatic N) is 4. The summed E-state index contributed by atoms with van der Waals surface area (Å²) in [5.74, 6) is 1.79. The van der Waals surface area contributed by atoms with Gasteiger partial charge in [-0.25, -0.2) is 15.0 Å². The van der Waals surface area contributed by atoms with Gasteiger partial charge in [0.15, 0.2) is 17.5 Å². The van der Waals surface area contributed by atoms with Gasteiger partial charge in [-0.2, -0.15) is 0 Å². The maximum atomic E-state index is 6.65. The standard InChI is InChI=1S/C59H36N4O/c1-3-14-37(15-4-1)39-26-29-41(30-27-39)57-60-58(43-31-28-38-16-7-8-19-42(38)34-43)62-59(61-57)48-23-13-25-54-55(48)51-35-44(32-33-53(51)64-54)63-52-24-12-11-21-46(52)50-36-49(40-17-5-2-6-18-40)45-20-9-10-22-47(45)56(50)63/h1-36H. The summed E-state index contributed by atoms with van der Waals surface area (Å²) in [5, 5.41) is 9.05. The summed E-state index contributed by atoms with van der Waals surface area (Å²) in [5.41, 5.74) is 12.3. The molecule has 13 rings (SSSR count). The molecule has 0 aliphatic rings. The first-order valence-electron chi connectivity index (χ1n) is 21.6. The Kier molecular flexibility index (Phi) is 8.15. The van der Waals surface area contributed by atoms with Crippen LogP contribution in [0.15, 0.2) is 223 Å². The molecule has 0 bridgehead atoms. The second kappa shape index (κ2) is 14.5. The van der Waals surface area contributed by atoms with E-state index in [0.29, 0.717) is 17.5 Å². The van der Waals surface area contributed by atoms with Gasteiger partial charge < -0.3 is 8.98 Å². The molecule has 64 heavy (non-hydrogen) atoms. The Hall–Kier alpha value is -8.67. The highest BCUT2D eigenvalue weighted by molar-refractivity contribution is 6.22. The van der Waals surface area contributed by atoms with Gasteiger partial charge in [-0.15, -0.1) is 0 Å². The Bertz CT molecular complexity index is 3940. The van der Waals surface area contributed by atoms with Crippen LogP contribution in [0.1, 0.15) is 0 Å². The van der Waals surface area contributed by atoms with Crippen molar-refractivity contribution in [2.45, 2.75) is 0 Å². The summed E-state index contributed by atoms with van der Waals surface area (Å²) in [6.45, 7) is 0. The molecule has 0 aliphatic heterocycles. The number of aromatic nitrogens is 4. The zero-order valence-electron chi connectivity index (χ0n) is 34.5. The third kappa shape index (κ3) is 5.83. The predicted octanol–water partition coefficient (Wildman–Crippen LogP) is 15.5. The second-order valence-corrected chi connectivity index (χ2v) is 16.4. The van der Waals surface area contributed by atoms with Crippen molar-refractivity contribution in [1.29, 1.82) is 0 Å². The minimum atomic E-state index is 0.579. The van der Waals surface area contributed by atoms with E-state index in [4.69, 9.17) is 19.4 Å². The van der Waals surface area contributed by atoms with Crippen molar-refractivity contribution in [3.63, 3.8) is 0 Å². The molecule has 0 unspecified atom stereocenters. The van der Waals surface area contributed by atoms with Crippen LogP contribution in [0.3, 0.4) is 0 Å². The molecule has 0 N–H and O–H groups in total. The van der Waals surface area contributed by atoms with E-state index in [2.05, 4.69) is 205 Å². The van der Waals surface area contributed by atoms with Crippen LogP contribution in [0, 0.1) is 0 Å². The van der Waals surface area contributed by atoms with Gasteiger partial charge in [0.05, 0.1) is 11.0 Å². The summed E-state index contributed by atoms with van der Waals surface area (Å²) in [6.07, 6.45) is 0. The molecule has 3 heterocycles. The van der Waals surface area contributed by atoms with Crippen molar-refractivity contribution in [2.75, 3.05) is 0 Å². The number of hydrogen-bond donors (Lipinski definition) is 0. The summed E-state index contributed by atoms with van der Waals surface area (Å²) in [4.78, 5) is 15.7. The van der Waals surface area contributed by atoms with E-state index < -0.39 is 0 Å². The molecule has 298 valence electrons. The molecule has 5 heteroatoms. The van der Waals surface area contributed by atoms with E-state index in [-0.39, 0.29) is 0 Å². The molecule has 3 aromatic heterocycles. The lowest BCUT2D eigenvalue weighted by molar-refractivity contribution is 0.669. The normalized spacial score (nSPS) is 11.8. The van der Waals surface area contributed by atoms with Crippen LogP contribution in [-0.4, -0.2) is 19.5 Å². The van der Waals surface area contributed by atoms with E-state index >= 15 is 0 Å². The van der Waals surface area contributed by atoms with Gasteiger partial charge in [0, 0.05) is 49.3 Å². The van der Waals surface area contributed by atoms with Crippen LogP contribution < -0.4 is 0 Å². The Morgan fingerprint density at radius 2 is 0.953 bits per heavy atom. The SMILES string of the molecule is c1ccc(-c2ccc(-c3nc(-c4ccc5ccccc5c4)nc(-c4cccc5oc6ccc(-n7c8ccccc8c8cc(-c9ccccc9)c9ccccc9c87)cc6c45)n3)cc2)cc1. The molecule has 0 spiro atoms. The summed E-state index contributed by atoms with van der Waals surface area (Å²) in [6, 6.07) is 76.9. The molecule has 0 fully saturated rings. The van der Waals surface area contributed by atoms with E-state index in [1.54, 1.807) is 0 Å². The molecule has 0 saturated heterocycles. The minimum Gasteiger partial charge on any atom is -0.456 e. The zero-order valence-corrected chi connectivity index (χ0v) is 34.5. The molecule has 0 amide bonds. The van der Waals surface area contributed by atoms with Gasteiger partial charge in [-0.05, 0) is 80.9 Å². The van der Waals surface area contributed by atoms with Gasteiger partial charge in [-0.3, -0.25) is 0 Å². The van der Waals surface area contributed by atoms with Crippen molar-refractivity contribution in [1.82, 2.24) is 19.5 Å². The largest absolute Gasteiger partial charge is 0.456 e. The second-order valence-electron chi connectivity index (χ2n) is 16.4. The first kappa shape index (κ1) is 36.0. The Labute approximate surface area is 368 Å². The van der Waals surface area contributed by atoms with Crippen molar-refractivity contribution in [3.05, 3.63) is 218 Å². The fraction of sp³-hybridized carbons (Fsp3) is 0. The lowest BCUT2D eigenvalue weighted by Gasteiger charge is -2.13. The predicted molar refractivity (Wildman–Crippen MR) is 264 cm³/mol. The summed E-state index contributed by atoms with van der Waals surface area (Å²) < 4.78 is 9.07. The fourth-order valence-electron chi connectivity index (χ4n) is 9.61. The van der Waals surface area contributed by atoms with Crippen LogP contribution in [0.25, 0.3) is 127 Å². The number of fused-ring (bicyclic) bond motifs is 9. The van der Waals surface area contributed by atoms with Crippen molar-refractivity contribution >= 4 is 65.3 Å².